The zero-order valence-electron chi connectivity index (χ0n) is 13.8. The van der Waals surface area contributed by atoms with Crippen LogP contribution in [0.25, 0.3) is 0 Å². The lowest BCUT2D eigenvalue weighted by molar-refractivity contribution is 0.0469. The first-order valence-electron chi connectivity index (χ1n) is 7.97. The first-order chi connectivity index (χ1) is 12.7. The van der Waals surface area contributed by atoms with Crippen LogP contribution in [0.4, 0.5) is 4.79 Å². The first kappa shape index (κ1) is 17.2. The maximum atomic E-state index is 12.3. The number of benzene rings is 3. The SMILES string of the molecule is O=C(Oc1ccccc1)Oc1ccccc1C(=O)OCc1ccccc1. The van der Waals surface area contributed by atoms with Crippen LogP contribution in [0.3, 0.4) is 0 Å². The van der Waals surface area contributed by atoms with Crippen molar-refractivity contribution in [2.45, 2.75) is 6.61 Å². The van der Waals surface area contributed by atoms with E-state index in [1.807, 2.05) is 30.3 Å². The van der Waals surface area contributed by atoms with Crippen LogP contribution in [0, 0.1) is 0 Å². The van der Waals surface area contributed by atoms with Crippen molar-refractivity contribution in [3.8, 4) is 11.5 Å². The van der Waals surface area contributed by atoms with Crippen molar-refractivity contribution in [3.05, 3.63) is 96.1 Å². The molecule has 0 unspecified atom stereocenters. The van der Waals surface area contributed by atoms with Crippen LogP contribution >= 0.6 is 0 Å². The number of carbonyl (C=O) groups is 2. The summed E-state index contributed by atoms with van der Waals surface area (Å²) in [7, 11) is 0. The van der Waals surface area contributed by atoms with E-state index in [9.17, 15) is 9.59 Å². The highest BCUT2D eigenvalue weighted by Crippen LogP contribution is 2.21. The van der Waals surface area contributed by atoms with E-state index < -0.39 is 12.1 Å². The molecule has 5 nitrogen and oxygen atoms in total. The molecule has 3 rings (SSSR count). The van der Waals surface area contributed by atoms with Crippen molar-refractivity contribution in [3.63, 3.8) is 0 Å². The molecule has 0 aromatic heterocycles. The van der Waals surface area contributed by atoms with Crippen LogP contribution in [0.15, 0.2) is 84.9 Å². The molecule has 0 atom stereocenters. The third-order valence-corrected chi connectivity index (χ3v) is 3.46. The fourth-order valence-electron chi connectivity index (χ4n) is 2.22. The molecule has 0 aliphatic rings. The maximum absolute atomic E-state index is 12.3. The summed E-state index contributed by atoms with van der Waals surface area (Å²) in [6.07, 6.45) is -0.931. The molecule has 5 heteroatoms. The van der Waals surface area contributed by atoms with Gasteiger partial charge in [-0.15, -0.1) is 0 Å². The minimum Gasteiger partial charge on any atom is -0.457 e. The van der Waals surface area contributed by atoms with Gasteiger partial charge in [-0.1, -0.05) is 60.7 Å². The van der Waals surface area contributed by atoms with Gasteiger partial charge < -0.3 is 14.2 Å². The Morgan fingerprint density at radius 1 is 0.692 bits per heavy atom. The van der Waals surface area contributed by atoms with Crippen LogP contribution in [0.5, 0.6) is 11.5 Å². The molecule has 3 aromatic rings. The molecule has 0 radical (unpaired) electrons. The number of carbonyl (C=O) groups excluding carboxylic acids is 2. The molecule has 0 bridgehead atoms. The van der Waals surface area contributed by atoms with Crippen molar-refractivity contribution >= 4 is 12.1 Å². The van der Waals surface area contributed by atoms with E-state index in [0.717, 1.165) is 5.56 Å². The van der Waals surface area contributed by atoms with Crippen molar-refractivity contribution in [1.29, 1.82) is 0 Å². The molecule has 130 valence electrons. The molecule has 0 aliphatic carbocycles. The third-order valence-electron chi connectivity index (χ3n) is 3.46. The van der Waals surface area contributed by atoms with Crippen LogP contribution in [0.2, 0.25) is 0 Å². The zero-order valence-corrected chi connectivity index (χ0v) is 13.8. The number of hydrogen-bond acceptors (Lipinski definition) is 5. The Bertz CT molecular complexity index is 875. The smallest absolute Gasteiger partial charge is 0.457 e. The second-order valence-corrected chi connectivity index (χ2v) is 5.33. The van der Waals surface area contributed by atoms with Gasteiger partial charge in [0.05, 0.1) is 0 Å². The number of para-hydroxylation sites is 2. The summed E-state index contributed by atoms with van der Waals surface area (Å²) in [6.45, 7) is 0.127. The van der Waals surface area contributed by atoms with Crippen molar-refractivity contribution in [2.24, 2.45) is 0 Å². The van der Waals surface area contributed by atoms with E-state index in [2.05, 4.69) is 0 Å². The maximum Gasteiger partial charge on any atom is 0.519 e. The first-order valence-corrected chi connectivity index (χ1v) is 7.97. The molecule has 0 heterocycles. The van der Waals surface area contributed by atoms with E-state index in [0.29, 0.717) is 5.75 Å². The van der Waals surface area contributed by atoms with E-state index in [-0.39, 0.29) is 17.9 Å². The minimum atomic E-state index is -0.931. The van der Waals surface area contributed by atoms with E-state index in [1.165, 1.54) is 12.1 Å². The van der Waals surface area contributed by atoms with Crippen LogP contribution in [0.1, 0.15) is 15.9 Å². The fourth-order valence-corrected chi connectivity index (χ4v) is 2.22. The summed E-state index contributed by atoms with van der Waals surface area (Å²) < 4.78 is 15.5. The lowest BCUT2D eigenvalue weighted by atomic mass is 10.2. The molecule has 3 aromatic carbocycles. The Kier molecular flexibility index (Phi) is 5.62. The summed E-state index contributed by atoms with van der Waals surface area (Å²) in [4.78, 5) is 24.3. The van der Waals surface area contributed by atoms with Gasteiger partial charge in [0, 0.05) is 0 Å². The van der Waals surface area contributed by atoms with Gasteiger partial charge in [0.2, 0.25) is 0 Å². The summed E-state index contributed by atoms with van der Waals surface area (Å²) in [5, 5.41) is 0. The number of rotatable bonds is 5. The Labute approximate surface area is 150 Å². The number of hydrogen-bond donors (Lipinski definition) is 0. The highest BCUT2D eigenvalue weighted by atomic mass is 16.7. The minimum absolute atomic E-state index is 0.0755. The molecular weight excluding hydrogens is 332 g/mol. The van der Waals surface area contributed by atoms with E-state index >= 15 is 0 Å². The largest absolute Gasteiger partial charge is 0.519 e. The Morgan fingerprint density at radius 2 is 1.31 bits per heavy atom. The highest BCUT2D eigenvalue weighted by Gasteiger charge is 2.17. The monoisotopic (exact) mass is 348 g/mol. The third kappa shape index (κ3) is 4.70. The quantitative estimate of drug-likeness (QED) is 0.497. The molecule has 0 saturated carbocycles. The van der Waals surface area contributed by atoms with E-state index in [4.69, 9.17) is 14.2 Å². The number of esters is 1. The van der Waals surface area contributed by atoms with Gasteiger partial charge in [-0.25, -0.2) is 9.59 Å². The van der Waals surface area contributed by atoms with Crippen LogP contribution in [-0.4, -0.2) is 12.1 Å². The van der Waals surface area contributed by atoms with Gasteiger partial charge in [-0.3, -0.25) is 0 Å². The summed E-state index contributed by atoms with van der Waals surface area (Å²) in [5.41, 5.74) is 1.01. The van der Waals surface area contributed by atoms with Crippen molar-refractivity contribution in [1.82, 2.24) is 0 Å². The summed E-state index contributed by atoms with van der Waals surface area (Å²) in [6, 6.07) is 24.2. The average Bonchev–Trinajstić information content (AvgIpc) is 2.68. The van der Waals surface area contributed by atoms with Gasteiger partial charge in [0.1, 0.15) is 23.7 Å². The van der Waals surface area contributed by atoms with Gasteiger partial charge in [-0.2, -0.15) is 0 Å². The lowest BCUT2D eigenvalue weighted by Gasteiger charge is -2.10. The standard InChI is InChI=1S/C21H16O5/c22-20(24-15-16-9-3-1-4-10-16)18-13-7-8-14-19(18)26-21(23)25-17-11-5-2-6-12-17/h1-14H,15H2. The predicted molar refractivity (Wildman–Crippen MR) is 95.1 cm³/mol. The van der Waals surface area contributed by atoms with Gasteiger partial charge in [-0.05, 0) is 29.8 Å². The number of ether oxygens (including phenoxy) is 3. The van der Waals surface area contributed by atoms with Crippen molar-refractivity contribution < 1.29 is 23.8 Å². The zero-order chi connectivity index (χ0) is 18.2. The second kappa shape index (κ2) is 8.48. The Balaban J connectivity index is 1.65. The molecule has 0 aliphatic heterocycles. The second-order valence-electron chi connectivity index (χ2n) is 5.33. The molecule has 0 fully saturated rings. The highest BCUT2D eigenvalue weighted by molar-refractivity contribution is 5.93. The average molecular weight is 348 g/mol. The topological polar surface area (TPSA) is 61.8 Å². The molecule has 26 heavy (non-hydrogen) atoms. The Hall–Kier alpha value is -3.60. The molecule has 0 spiro atoms. The van der Waals surface area contributed by atoms with Gasteiger partial charge in [0.15, 0.2) is 0 Å². The van der Waals surface area contributed by atoms with Gasteiger partial charge >= 0.3 is 12.1 Å². The molecule has 0 amide bonds. The molecule has 0 N–H and O–H groups in total. The lowest BCUT2D eigenvalue weighted by Crippen LogP contribution is -2.16. The van der Waals surface area contributed by atoms with Gasteiger partial charge in [0.25, 0.3) is 0 Å². The summed E-state index contributed by atoms with van der Waals surface area (Å²) >= 11 is 0. The summed E-state index contributed by atoms with van der Waals surface area (Å²) in [5.74, 6) is -0.162. The van der Waals surface area contributed by atoms with E-state index in [1.54, 1.807) is 42.5 Å². The molecular formula is C21H16O5. The predicted octanol–water partition coefficient (Wildman–Crippen LogP) is 4.62. The van der Waals surface area contributed by atoms with Crippen LogP contribution in [-0.2, 0) is 11.3 Å². The van der Waals surface area contributed by atoms with Crippen molar-refractivity contribution in [2.75, 3.05) is 0 Å². The Morgan fingerprint density at radius 3 is 2.04 bits per heavy atom. The molecule has 0 saturated heterocycles. The van der Waals surface area contributed by atoms with Crippen LogP contribution < -0.4 is 9.47 Å². The fraction of sp³-hybridized carbons (Fsp3) is 0.0476. The normalized spacial score (nSPS) is 10.0.